The average molecular weight is 387 g/mol. The smallest absolute Gasteiger partial charge is 0.163 e. The molecule has 0 unspecified atom stereocenters. The Morgan fingerprint density at radius 3 is 2.57 bits per heavy atom. The molecule has 2 N–H and O–H groups in total. The van der Waals surface area contributed by atoms with E-state index in [9.17, 15) is 0 Å². The molecule has 0 bridgehead atoms. The summed E-state index contributed by atoms with van der Waals surface area (Å²) in [5.74, 6) is 1.41. The van der Waals surface area contributed by atoms with E-state index in [1.54, 1.807) is 18.2 Å². The second-order valence-corrected chi connectivity index (χ2v) is 6.87. The number of anilines is 1. The Morgan fingerprint density at radius 1 is 1.14 bits per heavy atom. The molecule has 6 heteroatoms. The molecule has 0 saturated heterocycles. The summed E-state index contributed by atoms with van der Waals surface area (Å²) in [4.78, 5) is 9.06. The first-order valence-electron chi connectivity index (χ1n) is 6.84. The first-order valence-corrected chi connectivity index (χ1v) is 8.39. The quantitative estimate of drug-likeness (QED) is 0.746. The highest BCUT2D eigenvalue weighted by Crippen LogP contribution is 2.39. The van der Waals surface area contributed by atoms with Gasteiger partial charge in [-0.15, -0.1) is 0 Å². The third kappa shape index (κ3) is 3.03. The van der Waals surface area contributed by atoms with Gasteiger partial charge in [0.05, 0.1) is 15.2 Å². The molecular weight excluding hydrogens is 373 g/mol. The van der Waals surface area contributed by atoms with Gasteiger partial charge in [0.25, 0.3) is 0 Å². The van der Waals surface area contributed by atoms with Gasteiger partial charge in [0.1, 0.15) is 5.82 Å². The number of nitrogen functional groups attached to an aromatic ring is 1. The van der Waals surface area contributed by atoms with Crippen molar-refractivity contribution in [3.8, 4) is 11.4 Å². The van der Waals surface area contributed by atoms with Gasteiger partial charge in [-0.2, -0.15) is 0 Å². The second kappa shape index (κ2) is 6.11. The van der Waals surface area contributed by atoms with Gasteiger partial charge in [-0.25, -0.2) is 9.97 Å². The molecule has 0 aliphatic heterocycles. The Labute approximate surface area is 142 Å². The summed E-state index contributed by atoms with van der Waals surface area (Å²) >= 11 is 15.8. The van der Waals surface area contributed by atoms with Crippen molar-refractivity contribution in [2.24, 2.45) is 0 Å². The molecule has 1 aliphatic carbocycles. The highest BCUT2D eigenvalue weighted by molar-refractivity contribution is 9.10. The predicted molar refractivity (Wildman–Crippen MR) is 90.8 cm³/mol. The monoisotopic (exact) mass is 385 g/mol. The van der Waals surface area contributed by atoms with Crippen LogP contribution in [0.1, 0.15) is 37.3 Å². The molecule has 1 aliphatic rings. The lowest BCUT2D eigenvalue weighted by Gasteiger charge is -2.14. The fourth-order valence-corrected chi connectivity index (χ4v) is 3.62. The number of nitrogens with zero attached hydrogens (tertiary/aromatic N) is 2. The number of halogens is 3. The Hall–Kier alpha value is -0.840. The zero-order chi connectivity index (χ0) is 15.0. The van der Waals surface area contributed by atoms with Crippen LogP contribution in [-0.2, 0) is 0 Å². The van der Waals surface area contributed by atoms with Gasteiger partial charge >= 0.3 is 0 Å². The Balaban J connectivity index is 2.13. The minimum absolute atomic E-state index is 0.432. The van der Waals surface area contributed by atoms with Crippen LogP contribution in [0, 0.1) is 0 Å². The van der Waals surface area contributed by atoms with Gasteiger partial charge in [0.2, 0.25) is 0 Å². The Morgan fingerprint density at radius 2 is 1.86 bits per heavy atom. The van der Waals surface area contributed by atoms with Crippen LogP contribution in [0.3, 0.4) is 0 Å². The lowest BCUT2D eigenvalue weighted by atomic mass is 10.0. The number of rotatable bonds is 2. The SMILES string of the molecule is Nc1nc(-c2cc(Cl)ccc2Cl)nc(C2CCCC2)c1Br. The molecule has 1 fully saturated rings. The predicted octanol–water partition coefficient (Wildman–Crippen LogP) is 5.45. The summed E-state index contributed by atoms with van der Waals surface area (Å²) < 4.78 is 0.802. The number of hydrogen-bond donors (Lipinski definition) is 1. The van der Waals surface area contributed by atoms with E-state index in [2.05, 4.69) is 20.9 Å². The normalized spacial score (nSPS) is 15.6. The zero-order valence-corrected chi connectivity index (χ0v) is 14.3. The van der Waals surface area contributed by atoms with Crippen molar-refractivity contribution in [3.63, 3.8) is 0 Å². The van der Waals surface area contributed by atoms with Crippen molar-refractivity contribution in [2.45, 2.75) is 31.6 Å². The van der Waals surface area contributed by atoms with Crippen LogP contribution in [-0.4, -0.2) is 9.97 Å². The maximum Gasteiger partial charge on any atom is 0.163 e. The van der Waals surface area contributed by atoms with Crippen molar-refractivity contribution in [3.05, 3.63) is 38.4 Å². The van der Waals surface area contributed by atoms with Gasteiger partial charge in [0.15, 0.2) is 5.82 Å². The molecule has 0 atom stereocenters. The van der Waals surface area contributed by atoms with Crippen LogP contribution in [0.4, 0.5) is 5.82 Å². The molecule has 1 aromatic heterocycles. The average Bonchev–Trinajstić information content (AvgIpc) is 2.98. The van der Waals surface area contributed by atoms with Crippen molar-refractivity contribution in [2.75, 3.05) is 5.73 Å². The summed E-state index contributed by atoms with van der Waals surface area (Å²) in [6.07, 6.45) is 4.73. The van der Waals surface area contributed by atoms with E-state index in [1.807, 2.05) is 0 Å². The number of nitrogens with two attached hydrogens (primary N) is 1. The fourth-order valence-electron chi connectivity index (χ4n) is 2.74. The first-order chi connectivity index (χ1) is 10.1. The summed E-state index contributed by atoms with van der Waals surface area (Å²) in [7, 11) is 0. The lowest BCUT2D eigenvalue weighted by molar-refractivity contribution is 0.691. The van der Waals surface area contributed by atoms with E-state index >= 15 is 0 Å². The minimum Gasteiger partial charge on any atom is -0.383 e. The highest BCUT2D eigenvalue weighted by atomic mass is 79.9. The van der Waals surface area contributed by atoms with Crippen molar-refractivity contribution in [1.82, 2.24) is 9.97 Å². The maximum atomic E-state index is 6.24. The van der Waals surface area contributed by atoms with Gasteiger partial charge in [-0.1, -0.05) is 36.0 Å². The highest BCUT2D eigenvalue weighted by Gasteiger charge is 2.24. The van der Waals surface area contributed by atoms with E-state index in [0.717, 1.165) is 23.0 Å². The molecular formula is C15H14BrCl2N3. The molecule has 110 valence electrons. The van der Waals surface area contributed by atoms with Crippen LogP contribution in [0.5, 0.6) is 0 Å². The van der Waals surface area contributed by atoms with Crippen LogP contribution in [0.2, 0.25) is 10.0 Å². The zero-order valence-electron chi connectivity index (χ0n) is 11.2. The Kier molecular flexibility index (Phi) is 4.38. The molecule has 1 heterocycles. The molecule has 1 aromatic carbocycles. The van der Waals surface area contributed by atoms with Gasteiger partial charge in [0, 0.05) is 16.5 Å². The fraction of sp³-hybridized carbons (Fsp3) is 0.333. The number of aromatic nitrogens is 2. The molecule has 21 heavy (non-hydrogen) atoms. The van der Waals surface area contributed by atoms with Crippen LogP contribution < -0.4 is 5.73 Å². The van der Waals surface area contributed by atoms with Crippen LogP contribution in [0.25, 0.3) is 11.4 Å². The van der Waals surface area contributed by atoms with E-state index in [4.69, 9.17) is 33.9 Å². The lowest BCUT2D eigenvalue weighted by Crippen LogP contribution is -2.06. The molecule has 0 spiro atoms. The van der Waals surface area contributed by atoms with Gasteiger partial charge in [-0.05, 0) is 47.0 Å². The standard InChI is InChI=1S/C15H14BrCl2N3/c16-12-13(8-3-1-2-4-8)20-15(21-14(12)19)10-7-9(17)5-6-11(10)18/h5-8H,1-4H2,(H2,19,20,21). The van der Waals surface area contributed by atoms with E-state index < -0.39 is 0 Å². The van der Waals surface area contributed by atoms with E-state index in [0.29, 0.717) is 33.2 Å². The minimum atomic E-state index is 0.432. The molecule has 2 aromatic rings. The van der Waals surface area contributed by atoms with E-state index in [1.165, 1.54) is 12.8 Å². The van der Waals surface area contributed by atoms with Crippen molar-refractivity contribution >= 4 is 44.9 Å². The van der Waals surface area contributed by atoms with Gasteiger partial charge < -0.3 is 5.73 Å². The molecule has 0 radical (unpaired) electrons. The van der Waals surface area contributed by atoms with Crippen molar-refractivity contribution < 1.29 is 0 Å². The summed E-state index contributed by atoms with van der Waals surface area (Å²) in [6, 6.07) is 5.26. The van der Waals surface area contributed by atoms with Crippen LogP contribution in [0.15, 0.2) is 22.7 Å². The summed E-state index contributed by atoms with van der Waals surface area (Å²) in [5, 5.41) is 1.17. The maximum absolute atomic E-state index is 6.24. The van der Waals surface area contributed by atoms with Gasteiger partial charge in [-0.3, -0.25) is 0 Å². The summed E-state index contributed by atoms with van der Waals surface area (Å²) in [6.45, 7) is 0. The summed E-state index contributed by atoms with van der Waals surface area (Å²) in [5.41, 5.74) is 7.73. The molecule has 3 rings (SSSR count). The van der Waals surface area contributed by atoms with E-state index in [-0.39, 0.29) is 0 Å². The topological polar surface area (TPSA) is 51.8 Å². The second-order valence-electron chi connectivity index (χ2n) is 5.24. The number of hydrogen-bond acceptors (Lipinski definition) is 3. The van der Waals surface area contributed by atoms with Crippen molar-refractivity contribution in [1.29, 1.82) is 0 Å². The Bertz CT molecular complexity index is 685. The third-order valence-corrected chi connectivity index (χ3v) is 5.19. The molecule has 3 nitrogen and oxygen atoms in total. The first kappa shape index (κ1) is 15.1. The largest absolute Gasteiger partial charge is 0.383 e. The van der Waals surface area contributed by atoms with Crippen LogP contribution >= 0.6 is 39.1 Å². The molecule has 0 amide bonds. The molecule has 1 saturated carbocycles. The third-order valence-electron chi connectivity index (χ3n) is 3.81. The number of benzene rings is 1.